The zero-order chi connectivity index (χ0) is 14.3. The maximum Gasteiger partial charge on any atom is 0.307 e. The van der Waals surface area contributed by atoms with Crippen LogP contribution in [0.4, 0.5) is 0 Å². The number of aliphatic carboxylic acids is 1. The van der Waals surface area contributed by atoms with Crippen LogP contribution < -0.4 is 0 Å². The van der Waals surface area contributed by atoms with E-state index in [1.54, 1.807) is 6.92 Å². The van der Waals surface area contributed by atoms with Gasteiger partial charge in [0.15, 0.2) is 6.10 Å². The molecule has 0 heterocycles. The first-order valence-electron chi connectivity index (χ1n) is 5.96. The lowest BCUT2D eigenvalue weighted by Crippen LogP contribution is -2.43. The third-order valence-electron chi connectivity index (χ3n) is 2.28. The number of quaternary nitrogens is 1. The lowest BCUT2D eigenvalue weighted by Gasteiger charge is -2.28. The molecule has 0 fully saturated rings. The number of ether oxygens (including phenoxy) is 1. The molecule has 0 aromatic rings. The summed E-state index contributed by atoms with van der Waals surface area (Å²) >= 11 is 0. The molecule has 0 saturated heterocycles. The number of esters is 1. The third-order valence-corrected chi connectivity index (χ3v) is 2.28. The van der Waals surface area contributed by atoms with E-state index in [0.717, 1.165) is 0 Å². The largest absolute Gasteiger partial charge is 0.481 e. The first-order chi connectivity index (χ1) is 8.14. The average molecular weight is 262 g/mol. The van der Waals surface area contributed by atoms with Crippen molar-refractivity contribution in [3.05, 3.63) is 0 Å². The van der Waals surface area contributed by atoms with Crippen molar-refractivity contribution in [1.29, 1.82) is 0 Å². The van der Waals surface area contributed by atoms with Crippen LogP contribution in [-0.2, 0) is 14.3 Å². The highest BCUT2D eigenvalue weighted by Crippen LogP contribution is 2.09. The van der Waals surface area contributed by atoms with Crippen LogP contribution in [0.3, 0.4) is 0 Å². The van der Waals surface area contributed by atoms with E-state index in [9.17, 15) is 9.59 Å². The number of rotatable bonds is 8. The molecule has 0 aliphatic heterocycles. The van der Waals surface area contributed by atoms with E-state index in [0.29, 0.717) is 11.0 Å². The quantitative estimate of drug-likeness (QED) is 0.479. The van der Waals surface area contributed by atoms with Crippen molar-refractivity contribution in [1.82, 2.24) is 0 Å². The van der Waals surface area contributed by atoms with Gasteiger partial charge in [0.25, 0.3) is 0 Å². The smallest absolute Gasteiger partial charge is 0.307 e. The van der Waals surface area contributed by atoms with Gasteiger partial charge in [0.2, 0.25) is 0 Å². The first kappa shape index (κ1) is 16.9. The summed E-state index contributed by atoms with van der Waals surface area (Å²) in [7, 11) is 5.71. The number of aliphatic hydroxyl groups excluding tert-OH is 1. The molecule has 0 amide bonds. The predicted octanol–water partition coefficient (Wildman–Crippen LogP) is 0.0976. The minimum absolute atomic E-state index is 0.0893. The molecule has 2 unspecified atom stereocenters. The molecule has 106 valence electrons. The Morgan fingerprint density at radius 1 is 1.22 bits per heavy atom. The Labute approximate surface area is 108 Å². The normalized spacial score (nSPS) is 14.9. The van der Waals surface area contributed by atoms with E-state index in [-0.39, 0.29) is 25.4 Å². The maximum absolute atomic E-state index is 11.6. The predicted molar refractivity (Wildman–Crippen MR) is 65.9 cm³/mol. The van der Waals surface area contributed by atoms with Gasteiger partial charge in [-0.2, -0.15) is 0 Å². The van der Waals surface area contributed by atoms with Crippen molar-refractivity contribution >= 4 is 11.9 Å². The van der Waals surface area contributed by atoms with Crippen molar-refractivity contribution in [3.63, 3.8) is 0 Å². The van der Waals surface area contributed by atoms with Gasteiger partial charge in [0, 0.05) is 6.61 Å². The summed E-state index contributed by atoms with van der Waals surface area (Å²) in [5.41, 5.74) is 0. The number of nitrogens with zero attached hydrogens (tertiary/aromatic N) is 1. The average Bonchev–Trinajstić information content (AvgIpc) is 2.12. The molecule has 6 nitrogen and oxygen atoms in total. The molecule has 18 heavy (non-hydrogen) atoms. The second-order valence-corrected chi connectivity index (χ2v) is 5.67. The molecule has 2 atom stereocenters. The molecule has 0 aromatic heterocycles. The van der Waals surface area contributed by atoms with Crippen molar-refractivity contribution in [2.75, 3.05) is 34.3 Å². The highest BCUT2D eigenvalue weighted by Gasteiger charge is 2.25. The van der Waals surface area contributed by atoms with E-state index in [4.69, 9.17) is 14.9 Å². The topological polar surface area (TPSA) is 83.8 Å². The number of carbonyl (C=O) groups excluding carboxylic acids is 1. The van der Waals surface area contributed by atoms with Crippen LogP contribution in [0.1, 0.15) is 19.8 Å². The van der Waals surface area contributed by atoms with E-state index in [1.165, 1.54) is 0 Å². The summed E-state index contributed by atoms with van der Waals surface area (Å²) < 4.78 is 5.68. The van der Waals surface area contributed by atoms with Crippen LogP contribution in [-0.4, -0.2) is 67.0 Å². The van der Waals surface area contributed by atoms with Crippen LogP contribution in [0.5, 0.6) is 0 Å². The van der Waals surface area contributed by atoms with Crippen molar-refractivity contribution < 1.29 is 29.0 Å². The Morgan fingerprint density at radius 3 is 2.17 bits per heavy atom. The fourth-order valence-corrected chi connectivity index (χ4v) is 1.53. The van der Waals surface area contributed by atoms with Gasteiger partial charge in [-0.25, -0.2) is 0 Å². The summed E-state index contributed by atoms with van der Waals surface area (Å²) in [6.07, 6.45) is -0.737. The van der Waals surface area contributed by atoms with E-state index >= 15 is 0 Å². The van der Waals surface area contributed by atoms with Crippen LogP contribution in [0.25, 0.3) is 0 Å². The Kier molecular flexibility index (Phi) is 6.86. The molecular weight excluding hydrogens is 238 g/mol. The van der Waals surface area contributed by atoms with Crippen LogP contribution in [0.15, 0.2) is 0 Å². The number of carboxylic acids is 1. The summed E-state index contributed by atoms with van der Waals surface area (Å²) in [6, 6.07) is 0. The molecule has 0 aliphatic rings. The summed E-state index contributed by atoms with van der Waals surface area (Å²) in [5.74, 6) is -1.63. The van der Waals surface area contributed by atoms with Gasteiger partial charge >= 0.3 is 11.9 Å². The second kappa shape index (κ2) is 7.33. The SMILES string of the molecule is CC(CO)CC(=O)OC(CC(=O)O)C[N+](C)(C)C. The Morgan fingerprint density at radius 2 is 1.78 bits per heavy atom. The van der Waals surface area contributed by atoms with Crippen molar-refractivity contribution in [2.45, 2.75) is 25.9 Å². The number of hydrogen-bond acceptors (Lipinski definition) is 4. The fraction of sp³-hybridized carbons (Fsp3) is 0.833. The molecule has 6 heteroatoms. The molecule has 0 radical (unpaired) electrons. The zero-order valence-electron chi connectivity index (χ0n) is 11.5. The maximum atomic E-state index is 11.6. The summed E-state index contributed by atoms with van der Waals surface area (Å²) in [5, 5.41) is 17.6. The lowest BCUT2D eigenvalue weighted by atomic mass is 10.1. The van der Waals surface area contributed by atoms with Crippen LogP contribution in [0, 0.1) is 5.92 Å². The van der Waals surface area contributed by atoms with E-state index in [1.807, 2.05) is 21.1 Å². The number of likely N-dealkylation sites (N-methyl/N-ethyl adjacent to an activating group) is 1. The van der Waals surface area contributed by atoms with Gasteiger partial charge in [-0.3, -0.25) is 9.59 Å². The van der Waals surface area contributed by atoms with Gasteiger partial charge in [-0.1, -0.05) is 6.92 Å². The van der Waals surface area contributed by atoms with Gasteiger partial charge in [-0.05, 0) is 5.92 Å². The first-order valence-corrected chi connectivity index (χ1v) is 5.96. The van der Waals surface area contributed by atoms with Crippen LogP contribution >= 0.6 is 0 Å². The second-order valence-electron chi connectivity index (χ2n) is 5.67. The number of hydrogen-bond donors (Lipinski definition) is 2. The standard InChI is InChI=1S/C12H23NO5/c1-9(8-14)5-12(17)18-10(6-11(15)16)7-13(2,3)4/h9-10,14H,5-8H2,1-4H3/p+1. The summed E-state index contributed by atoms with van der Waals surface area (Å²) in [4.78, 5) is 22.3. The highest BCUT2D eigenvalue weighted by atomic mass is 16.5. The lowest BCUT2D eigenvalue weighted by molar-refractivity contribution is -0.873. The molecule has 0 aliphatic carbocycles. The Bertz CT molecular complexity index is 285. The van der Waals surface area contributed by atoms with Gasteiger partial charge in [0.05, 0.1) is 34.0 Å². The van der Waals surface area contributed by atoms with Crippen LogP contribution in [0.2, 0.25) is 0 Å². The monoisotopic (exact) mass is 262 g/mol. The minimum Gasteiger partial charge on any atom is -0.481 e. The van der Waals surface area contributed by atoms with Crippen molar-refractivity contribution in [3.8, 4) is 0 Å². The van der Waals surface area contributed by atoms with Gasteiger partial charge < -0.3 is 19.4 Å². The third kappa shape index (κ3) is 8.95. The molecule has 0 spiro atoms. The Balaban J connectivity index is 4.40. The highest BCUT2D eigenvalue weighted by molar-refractivity contribution is 5.71. The minimum atomic E-state index is -0.989. The van der Waals surface area contributed by atoms with Gasteiger partial charge in [0.1, 0.15) is 6.54 Å². The molecule has 0 bridgehead atoms. The summed E-state index contributed by atoms with van der Waals surface area (Å²) in [6.45, 7) is 2.08. The van der Waals surface area contributed by atoms with Crippen molar-refractivity contribution in [2.24, 2.45) is 5.92 Å². The Hall–Kier alpha value is -1.14. The molecular formula is C12H24NO5+. The van der Waals surface area contributed by atoms with Gasteiger partial charge in [-0.15, -0.1) is 0 Å². The fourth-order valence-electron chi connectivity index (χ4n) is 1.53. The number of aliphatic hydroxyl groups is 1. The zero-order valence-corrected chi connectivity index (χ0v) is 11.5. The number of carbonyl (C=O) groups is 2. The number of carboxylic acid groups (broad SMARTS) is 1. The van der Waals surface area contributed by atoms with E-state index < -0.39 is 18.0 Å². The molecule has 2 N–H and O–H groups in total. The molecule has 0 aromatic carbocycles. The molecule has 0 saturated carbocycles. The molecule has 0 rings (SSSR count). The van der Waals surface area contributed by atoms with E-state index in [2.05, 4.69) is 0 Å².